The molecule has 23 heavy (non-hydrogen) atoms. The summed E-state index contributed by atoms with van der Waals surface area (Å²) < 4.78 is 33.7. The summed E-state index contributed by atoms with van der Waals surface area (Å²) in [7, 11) is -3.83. The van der Waals surface area contributed by atoms with E-state index in [2.05, 4.69) is 5.32 Å². The Labute approximate surface area is 133 Å². The molecule has 2 aromatic carbocycles. The van der Waals surface area contributed by atoms with Crippen molar-refractivity contribution in [2.75, 3.05) is 11.9 Å². The van der Waals surface area contributed by atoms with E-state index in [0.717, 1.165) is 0 Å². The van der Waals surface area contributed by atoms with Crippen LogP contribution in [-0.4, -0.2) is 27.0 Å². The molecule has 8 heteroatoms. The Bertz CT molecular complexity index is 850. The molecule has 1 aliphatic rings. The third-order valence-electron chi connectivity index (χ3n) is 3.23. The molecule has 0 spiro atoms. The van der Waals surface area contributed by atoms with E-state index in [9.17, 15) is 13.2 Å². The van der Waals surface area contributed by atoms with Crippen LogP contribution in [0.15, 0.2) is 53.4 Å². The number of carbonyl (C=O) groups excluding carboxylic acids is 1. The summed E-state index contributed by atoms with van der Waals surface area (Å²) >= 11 is 0. The number of anilines is 1. The van der Waals surface area contributed by atoms with Gasteiger partial charge in [0.05, 0.1) is 4.90 Å². The maximum absolute atomic E-state index is 12.2. The molecule has 7 nitrogen and oxygen atoms in total. The normalized spacial score (nSPS) is 16.7. The molecule has 0 fully saturated rings. The highest BCUT2D eigenvalue weighted by molar-refractivity contribution is 7.89. The van der Waals surface area contributed by atoms with Crippen molar-refractivity contribution in [3.8, 4) is 11.5 Å². The van der Waals surface area contributed by atoms with Crippen molar-refractivity contribution in [1.29, 1.82) is 0 Å². The van der Waals surface area contributed by atoms with Crippen molar-refractivity contribution in [2.24, 2.45) is 5.14 Å². The van der Waals surface area contributed by atoms with Crippen LogP contribution in [0.1, 0.15) is 0 Å². The summed E-state index contributed by atoms with van der Waals surface area (Å²) in [5.41, 5.74) is 0.309. The van der Waals surface area contributed by atoms with E-state index >= 15 is 0 Å². The zero-order chi connectivity index (χ0) is 16.4. The number of hydrogen-bond acceptors (Lipinski definition) is 5. The molecule has 0 aromatic heterocycles. The fourth-order valence-electron chi connectivity index (χ4n) is 2.12. The zero-order valence-electron chi connectivity index (χ0n) is 11.9. The summed E-state index contributed by atoms with van der Waals surface area (Å²) in [5, 5.41) is 7.66. The lowest BCUT2D eigenvalue weighted by Gasteiger charge is -2.25. The molecule has 120 valence electrons. The van der Waals surface area contributed by atoms with Gasteiger partial charge in [-0.2, -0.15) is 0 Å². The first-order chi connectivity index (χ1) is 10.9. The SMILES string of the molecule is NS(=O)(=O)c1cccc(NC(=O)C2COc3ccccc3O2)c1. The molecule has 3 N–H and O–H groups in total. The van der Waals surface area contributed by atoms with Crippen molar-refractivity contribution in [1.82, 2.24) is 0 Å². The standard InChI is InChI=1S/C15H14N2O5S/c16-23(19,20)11-5-3-4-10(8-11)17-15(18)14-9-21-12-6-1-2-7-13(12)22-14/h1-8,14H,9H2,(H,17,18)(H2,16,19,20). The van der Waals surface area contributed by atoms with Gasteiger partial charge in [0, 0.05) is 5.69 Å². The predicted molar refractivity (Wildman–Crippen MR) is 82.8 cm³/mol. The number of amides is 1. The number of fused-ring (bicyclic) bond motifs is 1. The molecule has 3 rings (SSSR count). The molecule has 1 amide bonds. The number of primary sulfonamides is 1. The molecule has 2 aromatic rings. The Morgan fingerprint density at radius 2 is 1.87 bits per heavy atom. The third kappa shape index (κ3) is 3.43. The first-order valence-corrected chi connectivity index (χ1v) is 8.30. The van der Waals surface area contributed by atoms with Crippen LogP contribution in [0, 0.1) is 0 Å². The fraction of sp³-hybridized carbons (Fsp3) is 0.133. The number of sulfonamides is 1. The number of para-hydroxylation sites is 2. The van der Waals surface area contributed by atoms with Crippen LogP contribution >= 0.6 is 0 Å². The third-order valence-corrected chi connectivity index (χ3v) is 4.14. The van der Waals surface area contributed by atoms with Gasteiger partial charge in [-0.05, 0) is 30.3 Å². The number of nitrogens with two attached hydrogens (primary N) is 1. The van der Waals surface area contributed by atoms with Crippen LogP contribution in [0.4, 0.5) is 5.69 Å². The Hall–Kier alpha value is -2.58. The largest absolute Gasteiger partial charge is 0.485 e. The van der Waals surface area contributed by atoms with Crippen molar-refractivity contribution >= 4 is 21.6 Å². The van der Waals surface area contributed by atoms with Crippen molar-refractivity contribution in [3.05, 3.63) is 48.5 Å². The smallest absolute Gasteiger partial charge is 0.269 e. The second kappa shape index (κ2) is 5.90. The Kier molecular flexibility index (Phi) is 3.93. The van der Waals surface area contributed by atoms with Crippen molar-refractivity contribution in [2.45, 2.75) is 11.0 Å². The maximum Gasteiger partial charge on any atom is 0.269 e. The lowest BCUT2D eigenvalue weighted by Crippen LogP contribution is -2.40. The van der Waals surface area contributed by atoms with Gasteiger partial charge in [0.15, 0.2) is 11.5 Å². The fourth-order valence-corrected chi connectivity index (χ4v) is 2.68. The summed E-state index contributed by atoms with van der Waals surface area (Å²) in [6.45, 7) is 0.0672. The van der Waals surface area contributed by atoms with Gasteiger partial charge >= 0.3 is 0 Å². The minimum Gasteiger partial charge on any atom is -0.485 e. The summed E-state index contributed by atoms with van der Waals surface area (Å²) in [6.07, 6.45) is -0.831. The molecule has 1 heterocycles. The average Bonchev–Trinajstić information content (AvgIpc) is 2.54. The van der Waals surface area contributed by atoms with E-state index in [1.54, 1.807) is 30.3 Å². The Balaban J connectivity index is 1.73. The first-order valence-electron chi connectivity index (χ1n) is 6.76. The molecule has 0 saturated carbocycles. The van der Waals surface area contributed by atoms with Gasteiger partial charge in [0.2, 0.25) is 16.1 Å². The van der Waals surface area contributed by atoms with Gasteiger partial charge in [-0.3, -0.25) is 4.79 Å². The highest BCUT2D eigenvalue weighted by Crippen LogP contribution is 2.31. The zero-order valence-corrected chi connectivity index (χ0v) is 12.7. The van der Waals surface area contributed by atoms with E-state index in [1.807, 2.05) is 0 Å². The monoisotopic (exact) mass is 334 g/mol. The predicted octanol–water partition coefficient (Wildman–Crippen LogP) is 1.11. The molecule has 1 aliphatic heterocycles. The molecular formula is C15H14N2O5S. The maximum atomic E-state index is 12.2. The molecular weight excluding hydrogens is 320 g/mol. The van der Waals surface area contributed by atoms with Crippen LogP contribution < -0.4 is 19.9 Å². The van der Waals surface area contributed by atoms with Crippen LogP contribution in [0.5, 0.6) is 11.5 Å². The highest BCUT2D eigenvalue weighted by atomic mass is 32.2. The van der Waals surface area contributed by atoms with Crippen molar-refractivity contribution in [3.63, 3.8) is 0 Å². The average molecular weight is 334 g/mol. The number of rotatable bonds is 3. The van der Waals surface area contributed by atoms with Gasteiger partial charge in [-0.15, -0.1) is 0 Å². The number of carbonyl (C=O) groups is 1. The van der Waals surface area contributed by atoms with Crippen LogP contribution in [-0.2, 0) is 14.8 Å². The Morgan fingerprint density at radius 3 is 2.61 bits per heavy atom. The number of hydrogen-bond donors (Lipinski definition) is 2. The number of nitrogens with one attached hydrogen (secondary N) is 1. The molecule has 0 aliphatic carbocycles. The van der Waals surface area contributed by atoms with Gasteiger partial charge in [-0.1, -0.05) is 18.2 Å². The Morgan fingerprint density at radius 1 is 1.13 bits per heavy atom. The van der Waals surface area contributed by atoms with Gasteiger partial charge in [-0.25, -0.2) is 13.6 Å². The van der Waals surface area contributed by atoms with Crippen LogP contribution in [0.2, 0.25) is 0 Å². The van der Waals surface area contributed by atoms with Crippen LogP contribution in [0.3, 0.4) is 0 Å². The lowest BCUT2D eigenvalue weighted by atomic mass is 10.2. The van der Waals surface area contributed by atoms with Crippen LogP contribution in [0.25, 0.3) is 0 Å². The summed E-state index contributed by atoms with van der Waals surface area (Å²) in [4.78, 5) is 12.2. The van der Waals surface area contributed by atoms with E-state index in [1.165, 1.54) is 18.2 Å². The number of ether oxygens (including phenoxy) is 2. The molecule has 0 radical (unpaired) electrons. The second-order valence-electron chi connectivity index (χ2n) is 4.93. The molecule has 0 bridgehead atoms. The first kappa shape index (κ1) is 15.3. The lowest BCUT2D eigenvalue weighted by molar-refractivity contribution is -0.125. The van der Waals surface area contributed by atoms with Gasteiger partial charge in [0.25, 0.3) is 5.91 Å². The second-order valence-corrected chi connectivity index (χ2v) is 6.49. The number of benzene rings is 2. The van der Waals surface area contributed by atoms with E-state index < -0.39 is 22.0 Å². The molecule has 0 saturated heterocycles. The summed E-state index contributed by atoms with van der Waals surface area (Å²) in [6, 6.07) is 12.7. The minimum atomic E-state index is -3.83. The highest BCUT2D eigenvalue weighted by Gasteiger charge is 2.27. The summed E-state index contributed by atoms with van der Waals surface area (Å²) in [5.74, 6) is 0.621. The molecule has 1 atom stereocenters. The molecule has 1 unspecified atom stereocenters. The van der Waals surface area contributed by atoms with E-state index in [0.29, 0.717) is 17.2 Å². The van der Waals surface area contributed by atoms with Gasteiger partial charge in [0.1, 0.15) is 6.61 Å². The quantitative estimate of drug-likeness (QED) is 0.874. The minimum absolute atomic E-state index is 0.0672. The van der Waals surface area contributed by atoms with E-state index in [-0.39, 0.29) is 11.5 Å². The van der Waals surface area contributed by atoms with Gasteiger partial charge < -0.3 is 14.8 Å². The van der Waals surface area contributed by atoms with E-state index in [4.69, 9.17) is 14.6 Å². The van der Waals surface area contributed by atoms with Crippen molar-refractivity contribution < 1.29 is 22.7 Å². The topological polar surface area (TPSA) is 108 Å².